The molecular weight excluding hydrogens is 238 g/mol. The lowest BCUT2D eigenvalue weighted by atomic mass is 10.3. The van der Waals surface area contributed by atoms with Crippen LogP contribution in [0.1, 0.15) is 5.69 Å². The van der Waals surface area contributed by atoms with Gasteiger partial charge < -0.3 is 25.2 Å². The fourth-order valence-corrected chi connectivity index (χ4v) is 1.13. The molecule has 0 aromatic carbocycles. The molecule has 0 saturated heterocycles. The summed E-state index contributed by atoms with van der Waals surface area (Å²) in [4.78, 5) is 3.98. The van der Waals surface area contributed by atoms with Gasteiger partial charge in [-0.05, 0) is 12.1 Å². The highest BCUT2D eigenvalue weighted by Gasteiger charge is 2.01. The van der Waals surface area contributed by atoms with E-state index >= 15 is 0 Å². The Bertz CT molecular complexity index is 367. The average molecular weight is 255 g/mol. The molecule has 1 heterocycles. The summed E-state index contributed by atoms with van der Waals surface area (Å²) in [6, 6.07) is 3.30. The van der Waals surface area contributed by atoms with Crippen LogP contribution in [0.25, 0.3) is 0 Å². The number of methoxy groups -OCH3 is 1. The van der Waals surface area contributed by atoms with Gasteiger partial charge in [0.25, 0.3) is 0 Å². The van der Waals surface area contributed by atoms with Crippen molar-refractivity contribution < 1.29 is 19.4 Å². The second kappa shape index (κ2) is 8.26. The molecule has 7 nitrogen and oxygen atoms in total. The van der Waals surface area contributed by atoms with E-state index < -0.39 is 0 Å². The minimum atomic E-state index is -0.0375. The van der Waals surface area contributed by atoms with E-state index in [0.29, 0.717) is 37.9 Å². The fourth-order valence-electron chi connectivity index (χ4n) is 1.13. The Hall–Kier alpha value is -1.86. The zero-order chi connectivity index (χ0) is 13.2. The van der Waals surface area contributed by atoms with Crippen molar-refractivity contribution >= 4 is 5.84 Å². The van der Waals surface area contributed by atoms with E-state index in [4.69, 9.17) is 25.2 Å². The molecule has 1 aromatic rings. The van der Waals surface area contributed by atoms with Crippen LogP contribution in [-0.2, 0) is 9.47 Å². The molecule has 0 aliphatic heterocycles. The van der Waals surface area contributed by atoms with Crippen molar-refractivity contribution in [2.24, 2.45) is 10.9 Å². The molecule has 0 aliphatic rings. The molecule has 0 unspecified atom stereocenters. The first-order valence-corrected chi connectivity index (χ1v) is 5.41. The number of aromatic nitrogens is 1. The van der Waals surface area contributed by atoms with Crippen molar-refractivity contribution in [1.82, 2.24) is 4.98 Å². The Kier molecular flexibility index (Phi) is 6.52. The first kappa shape index (κ1) is 14.2. The van der Waals surface area contributed by atoms with Gasteiger partial charge in [0, 0.05) is 7.11 Å². The third-order valence-electron chi connectivity index (χ3n) is 2.03. The lowest BCUT2D eigenvalue weighted by molar-refractivity contribution is 0.0544. The molecule has 3 N–H and O–H groups in total. The molecule has 0 saturated carbocycles. The Labute approximate surface area is 105 Å². The summed E-state index contributed by atoms with van der Waals surface area (Å²) >= 11 is 0. The number of nitrogens with two attached hydrogens (primary N) is 1. The van der Waals surface area contributed by atoms with E-state index in [2.05, 4.69) is 10.1 Å². The normalized spacial score (nSPS) is 11.5. The van der Waals surface area contributed by atoms with Crippen LogP contribution in [0.5, 0.6) is 5.75 Å². The number of oxime groups is 1. The molecule has 0 amide bonds. The molecule has 7 heteroatoms. The van der Waals surface area contributed by atoms with Crippen LogP contribution in [0.4, 0.5) is 0 Å². The van der Waals surface area contributed by atoms with Gasteiger partial charge in [-0.25, -0.2) is 4.98 Å². The number of rotatable bonds is 8. The largest absolute Gasteiger partial charge is 0.490 e. The van der Waals surface area contributed by atoms with Gasteiger partial charge in [0.1, 0.15) is 18.1 Å². The Balaban J connectivity index is 2.27. The maximum atomic E-state index is 8.47. The van der Waals surface area contributed by atoms with Gasteiger partial charge in [-0.3, -0.25) is 0 Å². The zero-order valence-electron chi connectivity index (χ0n) is 10.2. The predicted octanol–water partition coefficient (Wildman–Crippen LogP) is 0.218. The Morgan fingerprint density at radius 1 is 1.33 bits per heavy atom. The maximum Gasteiger partial charge on any atom is 0.188 e. The fraction of sp³-hybridized carbons (Fsp3) is 0.455. The highest BCUT2D eigenvalue weighted by Crippen LogP contribution is 2.08. The van der Waals surface area contributed by atoms with Crippen molar-refractivity contribution in [3.05, 3.63) is 24.0 Å². The van der Waals surface area contributed by atoms with Crippen molar-refractivity contribution in [3.8, 4) is 5.75 Å². The monoisotopic (exact) mass is 255 g/mol. The topological polar surface area (TPSA) is 99.2 Å². The van der Waals surface area contributed by atoms with E-state index in [1.165, 1.54) is 6.20 Å². The van der Waals surface area contributed by atoms with Crippen LogP contribution in [0.2, 0.25) is 0 Å². The van der Waals surface area contributed by atoms with Gasteiger partial charge in [-0.15, -0.1) is 0 Å². The molecule has 1 aromatic heterocycles. The van der Waals surface area contributed by atoms with Crippen LogP contribution in [0.15, 0.2) is 23.5 Å². The van der Waals surface area contributed by atoms with E-state index in [-0.39, 0.29) is 5.84 Å². The van der Waals surface area contributed by atoms with Crippen LogP contribution in [0, 0.1) is 0 Å². The van der Waals surface area contributed by atoms with Crippen LogP contribution >= 0.6 is 0 Å². The van der Waals surface area contributed by atoms with Gasteiger partial charge in [0.2, 0.25) is 0 Å². The zero-order valence-corrected chi connectivity index (χ0v) is 10.2. The highest BCUT2D eigenvalue weighted by atomic mass is 16.5. The first-order valence-electron chi connectivity index (χ1n) is 5.41. The number of amidine groups is 1. The molecule has 0 fully saturated rings. The molecule has 0 atom stereocenters. The third-order valence-corrected chi connectivity index (χ3v) is 2.03. The molecule has 18 heavy (non-hydrogen) atoms. The van der Waals surface area contributed by atoms with Gasteiger partial charge in [-0.2, -0.15) is 0 Å². The van der Waals surface area contributed by atoms with Gasteiger partial charge >= 0.3 is 0 Å². The Morgan fingerprint density at radius 3 is 2.72 bits per heavy atom. The summed E-state index contributed by atoms with van der Waals surface area (Å²) < 4.78 is 15.4. The number of hydrogen-bond acceptors (Lipinski definition) is 6. The van der Waals surface area contributed by atoms with Crippen LogP contribution < -0.4 is 10.5 Å². The Morgan fingerprint density at radius 2 is 2.11 bits per heavy atom. The van der Waals surface area contributed by atoms with E-state index in [1.54, 1.807) is 19.2 Å². The molecular formula is C11H17N3O4. The lowest BCUT2D eigenvalue weighted by Gasteiger charge is -2.07. The summed E-state index contributed by atoms with van der Waals surface area (Å²) in [5.41, 5.74) is 5.77. The summed E-state index contributed by atoms with van der Waals surface area (Å²) in [6.07, 6.45) is 1.50. The molecule has 1 rings (SSSR count). The standard InChI is InChI=1S/C11H17N3O4/c1-16-4-5-17-6-7-18-9-2-3-10(13-8-9)11(12)14-15/h2-3,8,15H,4-7H2,1H3,(H2,12,14). The number of hydrogen-bond donors (Lipinski definition) is 2. The van der Waals surface area contributed by atoms with E-state index in [9.17, 15) is 0 Å². The van der Waals surface area contributed by atoms with Gasteiger partial charge in [0.05, 0.1) is 26.0 Å². The molecule has 100 valence electrons. The number of pyridine rings is 1. The molecule has 0 radical (unpaired) electrons. The van der Waals surface area contributed by atoms with Crippen molar-refractivity contribution in [2.45, 2.75) is 0 Å². The summed E-state index contributed by atoms with van der Waals surface area (Å²) in [5.74, 6) is 0.560. The third kappa shape index (κ3) is 4.98. The second-order valence-corrected chi connectivity index (χ2v) is 3.32. The minimum Gasteiger partial charge on any atom is -0.490 e. The quantitative estimate of drug-likeness (QED) is 0.226. The smallest absolute Gasteiger partial charge is 0.188 e. The summed E-state index contributed by atoms with van der Waals surface area (Å²) in [5, 5.41) is 11.3. The lowest BCUT2D eigenvalue weighted by Crippen LogP contribution is -2.15. The summed E-state index contributed by atoms with van der Waals surface area (Å²) in [6.45, 7) is 2.01. The van der Waals surface area contributed by atoms with Crippen molar-refractivity contribution in [1.29, 1.82) is 0 Å². The van der Waals surface area contributed by atoms with Gasteiger partial charge in [-0.1, -0.05) is 5.16 Å². The second-order valence-electron chi connectivity index (χ2n) is 3.32. The maximum absolute atomic E-state index is 8.47. The average Bonchev–Trinajstić information content (AvgIpc) is 2.42. The number of nitrogens with zero attached hydrogens (tertiary/aromatic N) is 2. The predicted molar refractivity (Wildman–Crippen MR) is 64.9 cm³/mol. The molecule has 0 bridgehead atoms. The highest BCUT2D eigenvalue weighted by molar-refractivity contribution is 5.95. The van der Waals surface area contributed by atoms with E-state index in [1.807, 2.05) is 0 Å². The SMILES string of the molecule is COCCOCCOc1ccc(/C(N)=N/O)nc1. The van der Waals surface area contributed by atoms with Crippen molar-refractivity contribution in [3.63, 3.8) is 0 Å². The number of ether oxygens (including phenoxy) is 3. The summed E-state index contributed by atoms with van der Waals surface area (Å²) in [7, 11) is 1.62. The van der Waals surface area contributed by atoms with Crippen LogP contribution in [0.3, 0.4) is 0 Å². The van der Waals surface area contributed by atoms with E-state index in [0.717, 1.165) is 0 Å². The van der Waals surface area contributed by atoms with Crippen molar-refractivity contribution in [2.75, 3.05) is 33.5 Å². The van der Waals surface area contributed by atoms with Gasteiger partial charge in [0.15, 0.2) is 5.84 Å². The molecule has 0 aliphatic carbocycles. The van der Waals surface area contributed by atoms with Crippen LogP contribution in [-0.4, -0.2) is 49.6 Å². The molecule has 0 spiro atoms. The minimum absolute atomic E-state index is 0.0375. The first-order chi connectivity index (χ1) is 8.77.